The Labute approximate surface area is 104 Å². The van der Waals surface area contributed by atoms with Gasteiger partial charge in [-0.25, -0.2) is 0 Å². The number of nitrogens with one attached hydrogen (secondary N) is 1. The Morgan fingerprint density at radius 1 is 1.41 bits per heavy atom. The van der Waals surface area contributed by atoms with Gasteiger partial charge in [0, 0.05) is 29.4 Å². The molecule has 1 aliphatic heterocycles. The molecule has 1 heterocycles. The summed E-state index contributed by atoms with van der Waals surface area (Å²) in [6, 6.07) is -0.926. The van der Waals surface area contributed by atoms with E-state index in [9.17, 15) is 13.8 Å². The zero-order valence-electron chi connectivity index (χ0n) is 10.7. The average molecular weight is 260 g/mol. The molecule has 1 aliphatic rings. The largest absolute Gasteiger partial charge is 0.342 e. The van der Waals surface area contributed by atoms with E-state index >= 15 is 0 Å². The highest BCUT2D eigenvalue weighted by Crippen LogP contribution is 2.15. The minimum absolute atomic E-state index is 0.0635. The standard InChI is InChI=1S/C11H20N2O3S/c1-7(2)9-11(15)13(5-6-17(4)16)8(3)10(14)12-9/h7-9H,5-6H2,1-4H3,(H,12,14). The molecule has 0 radical (unpaired) electrons. The second kappa shape index (κ2) is 5.62. The Morgan fingerprint density at radius 3 is 2.47 bits per heavy atom. The van der Waals surface area contributed by atoms with Crippen LogP contribution in [0, 0.1) is 5.92 Å². The van der Waals surface area contributed by atoms with Gasteiger partial charge in [0.2, 0.25) is 11.8 Å². The van der Waals surface area contributed by atoms with Gasteiger partial charge in [-0.3, -0.25) is 13.8 Å². The van der Waals surface area contributed by atoms with Gasteiger partial charge < -0.3 is 10.2 Å². The Kier molecular flexibility index (Phi) is 4.68. The molecule has 0 bridgehead atoms. The van der Waals surface area contributed by atoms with Crippen LogP contribution in [0.3, 0.4) is 0 Å². The first kappa shape index (κ1) is 14.2. The molecule has 98 valence electrons. The summed E-state index contributed by atoms with van der Waals surface area (Å²) in [5.41, 5.74) is 0. The van der Waals surface area contributed by atoms with Crippen LogP contribution < -0.4 is 5.32 Å². The van der Waals surface area contributed by atoms with Gasteiger partial charge in [-0.05, 0) is 12.8 Å². The summed E-state index contributed by atoms with van der Waals surface area (Å²) in [5.74, 6) is 0.269. The first-order chi connectivity index (χ1) is 7.84. The molecule has 0 spiro atoms. The predicted octanol–water partition coefficient (Wildman–Crippen LogP) is -0.264. The molecule has 0 aromatic heterocycles. The Hall–Kier alpha value is -0.910. The van der Waals surface area contributed by atoms with Crippen LogP contribution in [0.15, 0.2) is 0 Å². The van der Waals surface area contributed by atoms with E-state index in [4.69, 9.17) is 0 Å². The number of hydrogen-bond donors (Lipinski definition) is 1. The monoisotopic (exact) mass is 260 g/mol. The normalized spacial score (nSPS) is 27.2. The molecule has 3 unspecified atom stereocenters. The molecular formula is C11H20N2O3S. The molecule has 0 aromatic rings. The molecule has 6 heteroatoms. The maximum Gasteiger partial charge on any atom is 0.246 e. The third-order valence-corrected chi connectivity index (χ3v) is 3.74. The summed E-state index contributed by atoms with van der Waals surface area (Å²) in [7, 11) is -0.956. The van der Waals surface area contributed by atoms with Gasteiger partial charge in [0.05, 0.1) is 0 Å². The van der Waals surface area contributed by atoms with E-state index in [1.54, 1.807) is 13.2 Å². The molecule has 1 saturated heterocycles. The molecule has 2 amide bonds. The van der Waals surface area contributed by atoms with E-state index in [0.29, 0.717) is 12.3 Å². The van der Waals surface area contributed by atoms with Crippen molar-refractivity contribution in [2.75, 3.05) is 18.6 Å². The van der Waals surface area contributed by atoms with Crippen LogP contribution in [0.1, 0.15) is 20.8 Å². The molecule has 0 aliphatic carbocycles. The topological polar surface area (TPSA) is 66.5 Å². The zero-order chi connectivity index (χ0) is 13.2. The van der Waals surface area contributed by atoms with E-state index in [0.717, 1.165) is 0 Å². The summed E-state index contributed by atoms with van der Waals surface area (Å²) in [6.45, 7) is 5.87. The SMILES string of the molecule is CC(C)C1NC(=O)C(C)N(CCS(C)=O)C1=O. The summed E-state index contributed by atoms with van der Waals surface area (Å²) in [5, 5.41) is 2.73. The molecule has 1 rings (SSSR count). The third-order valence-electron chi connectivity index (χ3n) is 2.98. The quantitative estimate of drug-likeness (QED) is 0.757. The fourth-order valence-corrected chi connectivity index (χ4v) is 2.28. The van der Waals surface area contributed by atoms with Crippen LogP contribution in [0.25, 0.3) is 0 Å². The highest BCUT2D eigenvalue weighted by atomic mass is 32.2. The molecule has 17 heavy (non-hydrogen) atoms. The van der Waals surface area contributed by atoms with Gasteiger partial charge in [0.1, 0.15) is 12.1 Å². The Balaban J connectivity index is 2.80. The number of rotatable bonds is 4. The number of hydrogen-bond acceptors (Lipinski definition) is 3. The van der Waals surface area contributed by atoms with Gasteiger partial charge in [-0.1, -0.05) is 13.8 Å². The summed E-state index contributed by atoms with van der Waals surface area (Å²) >= 11 is 0. The van der Waals surface area contributed by atoms with Crippen molar-refractivity contribution in [2.45, 2.75) is 32.9 Å². The molecule has 5 nitrogen and oxygen atoms in total. The first-order valence-electron chi connectivity index (χ1n) is 5.75. The molecule has 1 N–H and O–H groups in total. The fourth-order valence-electron chi connectivity index (χ4n) is 1.83. The van der Waals surface area contributed by atoms with Crippen LogP contribution >= 0.6 is 0 Å². The predicted molar refractivity (Wildman–Crippen MR) is 66.9 cm³/mol. The molecule has 0 saturated carbocycles. The van der Waals surface area contributed by atoms with Gasteiger partial charge in [0.25, 0.3) is 0 Å². The number of piperazine rings is 1. The minimum Gasteiger partial charge on any atom is -0.342 e. The number of carbonyl (C=O) groups excluding carboxylic acids is 2. The summed E-state index contributed by atoms with van der Waals surface area (Å²) < 4.78 is 11.1. The number of amides is 2. The minimum atomic E-state index is -0.956. The molecule has 0 aromatic carbocycles. The molecular weight excluding hydrogens is 240 g/mol. The lowest BCUT2D eigenvalue weighted by Gasteiger charge is -2.38. The number of nitrogens with zero attached hydrogens (tertiary/aromatic N) is 1. The fraction of sp³-hybridized carbons (Fsp3) is 0.818. The average Bonchev–Trinajstić information content (AvgIpc) is 2.22. The maximum absolute atomic E-state index is 12.1. The van der Waals surface area contributed by atoms with Gasteiger partial charge in [0.15, 0.2) is 0 Å². The highest BCUT2D eigenvalue weighted by Gasteiger charge is 2.39. The highest BCUT2D eigenvalue weighted by molar-refractivity contribution is 7.84. The van der Waals surface area contributed by atoms with Crippen molar-refractivity contribution in [1.82, 2.24) is 10.2 Å². The lowest BCUT2D eigenvalue weighted by molar-refractivity contribution is -0.149. The molecule has 3 atom stereocenters. The van der Waals surface area contributed by atoms with E-state index in [1.807, 2.05) is 13.8 Å². The van der Waals surface area contributed by atoms with Crippen molar-refractivity contribution < 1.29 is 13.8 Å². The Bertz CT molecular complexity index is 344. The smallest absolute Gasteiger partial charge is 0.246 e. The number of carbonyl (C=O) groups is 2. The lowest BCUT2D eigenvalue weighted by atomic mass is 9.98. The van der Waals surface area contributed by atoms with Crippen LogP contribution in [0.4, 0.5) is 0 Å². The van der Waals surface area contributed by atoms with E-state index in [-0.39, 0.29) is 17.7 Å². The van der Waals surface area contributed by atoms with Crippen molar-refractivity contribution in [3.05, 3.63) is 0 Å². The first-order valence-corrected chi connectivity index (χ1v) is 7.48. The van der Waals surface area contributed by atoms with Crippen molar-refractivity contribution in [2.24, 2.45) is 5.92 Å². The van der Waals surface area contributed by atoms with E-state index in [1.165, 1.54) is 4.90 Å². The second-order valence-corrected chi connectivity index (χ2v) is 6.27. The van der Waals surface area contributed by atoms with Crippen LogP contribution in [-0.4, -0.2) is 51.6 Å². The van der Waals surface area contributed by atoms with E-state index < -0.39 is 22.9 Å². The van der Waals surface area contributed by atoms with Crippen molar-refractivity contribution >= 4 is 22.6 Å². The van der Waals surface area contributed by atoms with Crippen molar-refractivity contribution in [3.8, 4) is 0 Å². The second-order valence-electron chi connectivity index (χ2n) is 4.72. The van der Waals surface area contributed by atoms with Crippen LogP contribution in [-0.2, 0) is 20.4 Å². The summed E-state index contributed by atoms with van der Waals surface area (Å²) in [4.78, 5) is 25.4. The van der Waals surface area contributed by atoms with Crippen LogP contribution in [0.2, 0.25) is 0 Å². The van der Waals surface area contributed by atoms with Crippen LogP contribution in [0.5, 0.6) is 0 Å². The zero-order valence-corrected chi connectivity index (χ0v) is 11.5. The summed E-state index contributed by atoms with van der Waals surface area (Å²) in [6.07, 6.45) is 1.60. The van der Waals surface area contributed by atoms with Gasteiger partial charge >= 0.3 is 0 Å². The maximum atomic E-state index is 12.1. The van der Waals surface area contributed by atoms with Crippen molar-refractivity contribution in [1.29, 1.82) is 0 Å². The van der Waals surface area contributed by atoms with Gasteiger partial charge in [-0.2, -0.15) is 0 Å². The Morgan fingerprint density at radius 2 is 2.00 bits per heavy atom. The van der Waals surface area contributed by atoms with Gasteiger partial charge in [-0.15, -0.1) is 0 Å². The van der Waals surface area contributed by atoms with Crippen molar-refractivity contribution in [3.63, 3.8) is 0 Å². The third kappa shape index (κ3) is 3.28. The lowest BCUT2D eigenvalue weighted by Crippen LogP contribution is -2.64. The molecule has 1 fully saturated rings. The van der Waals surface area contributed by atoms with E-state index in [2.05, 4.69) is 5.32 Å².